The van der Waals surface area contributed by atoms with Crippen molar-refractivity contribution in [1.29, 1.82) is 0 Å². The maximum atomic E-state index is 12.2. The Morgan fingerprint density at radius 3 is 2.28 bits per heavy atom. The topological polar surface area (TPSA) is 61.8 Å². The molecule has 1 unspecified atom stereocenters. The molecule has 5 heteroatoms. The van der Waals surface area contributed by atoms with E-state index in [1.54, 1.807) is 0 Å². The number of rotatable bonds is 6. The van der Waals surface area contributed by atoms with Crippen LogP contribution in [0.2, 0.25) is 0 Å². The molecule has 0 radical (unpaired) electrons. The molecular weight excluding hydrogens is 364 g/mol. The van der Waals surface area contributed by atoms with E-state index in [1.165, 1.54) is 22.3 Å². The molecule has 1 fully saturated rings. The van der Waals surface area contributed by atoms with E-state index >= 15 is 0 Å². The minimum atomic E-state index is -0.356. The number of ether oxygens (including phenoxy) is 1. The van der Waals surface area contributed by atoms with Crippen molar-refractivity contribution in [2.45, 2.75) is 31.8 Å². The van der Waals surface area contributed by atoms with Crippen molar-refractivity contribution < 1.29 is 14.6 Å². The molecule has 0 aromatic heterocycles. The predicted octanol–water partition coefficient (Wildman–Crippen LogP) is 3.62. The second-order valence-corrected chi connectivity index (χ2v) is 8.17. The van der Waals surface area contributed by atoms with Gasteiger partial charge in [-0.3, -0.25) is 0 Å². The van der Waals surface area contributed by atoms with Crippen LogP contribution in [0.25, 0.3) is 11.1 Å². The Balaban J connectivity index is 1.24. The van der Waals surface area contributed by atoms with E-state index in [2.05, 4.69) is 46.6 Å². The van der Waals surface area contributed by atoms with Crippen LogP contribution < -0.4 is 5.32 Å². The number of fused-ring (bicyclic) bond motifs is 3. The first kappa shape index (κ1) is 19.9. The minimum Gasteiger partial charge on any atom is -0.449 e. The van der Waals surface area contributed by atoms with Crippen molar-refractivity contribution in [3.05, 3.63) is 59.7 Å². The maximum Gasteiger partial charge on any atom is 0.407 e. The Morgan fingerprint density at radius 2 is 1.69 bits per heavy atom. The van der Waals surface area contributed by atoms with E-state index in [-0.39, 0.29) is 18.1 Å². The number of nitrogens with zero attached hydrogens (tertiary/aromatic N) is 1. The standard InChI is InChI=1S/C24H30N2O3/c1-17(27)18-10-13-26(14-11-18)15-12-25-24(28)29-16-23-21-8-4-2-6-19(21)20-7-3-5-9-22(20)23/h2-9,17-18,23,27H,10-16H2,1H3,(H,25,28). The van der Waals surface area contributed by atoms with Crippen LogP contribution in [0.5, 0.6) is 0 Å². The van der Waals surface area contributed by atoms with Crippen LogP contribution in [0.1, 0.15) is 36.8 Å². The third-order valence-corrected chi connectivity index (χ3v) is 6.36. The molecule has 0 saturated carbocycles. The molecule has 1 aliphatic heterocycles. The zero-order valence-electron chi connectivity index (χ0n) is 17.0. The number of benzene rings is 2. The molecule has 2 aromatic carbocycles. The molecule has 0 bridgehead atoms. The summed E-state index contributed by atoms with van der Waals surface area (Å²) in [7, 11) is 0. The summed E-state index contributed by atoms with van der Waals surface area (Å²) in [5.41, 5.74) is 4.92. The normalized spacial score (nSPS) is 18.1. The molecular formula is C24H30N2O3. The lowest BCUT2D eigenvalue weighted by Crippen LogP contribution is -2.41. The van der Waals surface area contributed by atoms with Gasteiger partial charge in [0.2, 0.25) is 0 Å². The van der Waals surface area contributed by atoms with Gasteiger partial charge in [0.1, 0.15) is 6.61 Å². The molecule has 5 nitrogen and oxygen atoms in total. The van der Waals surface area contributed by atoms with Crippen LogP contribution in [0, 0.1) is 5.92 Å². The van der Waals surface area contributed by atoms with Gasteiger partial charge < -0.3 is 20.1 Å². The van der Waals surface area contributed by atoms with Crippen molar-refractivity contribution in [2.24, 2.45) is 5.92 Å². The van der Waals surface area contributed by atoms with Crippen molar-refractivity contribution in [3.63, 3.8) is 0 Å². The number of hydrogen-bond acceptors (Lipinski definition) is 4. The number of piperidine rings is 1. The largest absolute Gasteiger partial charge is 0.449 e. The highest BCUT2D eigenvalue weighted by Crippen LogP contribution is 2.44. The minimum absolute atomic E-state index is 0.0904. The Bertz CT molecular complexity index is 798. The molecule has 1 atom stereocenters. The lowest BCUT2D eigenvalue weighted by Gasteiger charge is -2.33. The van der Waals surface area contributed by atoms with Crippen LogP contribution >= 0.6 is 0 Å². The van der Waals surface area contributed by atoms with Crippen LogP contribution in [0.15, 0.2) is 48.5 Å². The summed E-state index contributed by atoms with van der Waals surface area (Å²) in [6, 6.07) is 16.7. The van der Waals surface area contributed by atoms with Gasteiger partial charge in [-0.1, -0.05) is 48.5 Å². The average molecular weight is 395 g/mol. The lowest BCUT2D eigenvalue weighted by atomic mass is 9.92. The number of aliphatic hydroxyl groups is 1. The van der Waals surface area contributed by atoms with Gasteiger partial charge in [0.25, 0.3) is 0 Å². The molecule has 1 aliphatic carbocycles. The van der Waals surface area contributed by atoms with Crippen LogP contribution in [-0.2, 0) is 4.74 Å². The smallest absolute Gasteiger partial charge is 0.407 e. The fourth-order valence-electron chi connectivity index (χ4n) is 4.62. The number of amides is 1. The van der Waals surface area contributed by atoms with Gasteiger partial charge in [0, 0.05) is 19.0 Å². The molecule has 2 aliphatic rings. The highest BCUT2D eigenvalue weighted by atomic mass is 16.5. The van der Waals surface area contributed by atoms with E-state index in [9.17, 15) is 9.90 Å². The Morgan fingerprint density at radius 1 is 1.10 bits per heavy atom. The fraction of sp³-hybridized carbons (Fsp3) is 0.458. The van der Waals surface area contributed by atoms with Crippen molar-refractivity contribution in [1.82, 2.24) is 10.2 Å². The van der Waals surface area contributed by atoms with E-state index in [0.717, 1.165) is 32.5 Å². The van der Waals surface area contributed by atoms with Crippen LogP contribution in [0.3, 0.4) is 0 Å². The quantitative estimate of drug-likeness (QED) is 0.786. The van der Waals surface area contributed by atoms with Crippen molar-refractivity contribution in [3.8, 4) is 11.1 Å². The summed E-state index contributed by atoms with van der Waals surface area (Å²) in [4.78, 5) is 14.6. The van der Waals surface area contributed by atoms with Gasteiger partial charge >= 0.3 is 6.09 Å². The van der Waals surface area contributed by atoms with Gasteiger partial charge in [0.15, 0.2) is 0 Å². The maximum absolute atomic E-state index is 12.2. The van der Waals surface area contributed by atoms with Crippen LogP contribution in [-0.4, -0.2) is 55.0 Å². The first-order valence-corrected chi connectivity index (χ1v) is 10.6. The van der Waals surface area contributed by atoms with Gasteiger partial charge in [-0.15, -0.1) is 0 Å². The Kier molecular flexibility index (Phi) is 6.16. The lowest BCUT2D eigenvalue weighted by molar-refractivity contribution is 0.0719. The van der Waals surface area contributed by atoms with E-state index in [1.807, 2.05) is 19.1 Å². The molecule has 1 heterocycles. The monoisotopic (exact) mass is 394 g/mol. The summed E-state index contributed by atoms with van der Waals surface area (Å²) in [6.07, 6.45) is 1.45. The zero-order chi connectivity index (χ0) is 20.2. The summed E-state index contributed by atoms with van der Waals surface area (Å²) in [5, 5.41) is 12.6. The molecule has 4 rings (SSSR count). The first-order valence-electron chi connectivity index (χ1n) is 10.6. The average Bonchev–Trinajstić information content (AvgIpc) is 3.06. The number of aliphatic hydroxyl groups excluding tert-OH is 1. The third-order valence-electron chi connectivity index (χ3n) is 6.36. The number of nitrogens with one attached hydrogen (secondary N) is 1. The third kappa shape index (κ3) is 4.46. The summed E-state index contributed by atoms with van der Waals surface area (Å²) in [5.74, 6) is 0.494. The molecule has 1 amide bonds. The number of carbonyl (C=O) groups excluding carboxylic acids is 1. The Hall–Kier alpha value is -2.37. The van der Waals surface area contributed by atoms with Gasteiger partial charge in [-0.25, -0.2) is 4.79 Å². The Labute approximate surface area is 172 Å². The summed E-state index contributed by atoms with van der Waals surface area (Å²) < 4.78 is 5.58. The van der Waals surface area contributed by atoms with Gasteiger partial charge in [-0.2, -0.15) is 0 Å². The second kappa shape index (κ2) is 8.97. The summed E-state index contributed by atoms with van der Waals surface area (Å²) >= 11 is 0. The number of likely N-dealkylation sites (tertiary alicyclic amines) is 1. The van der Waals surface area contributed by atoms with E-state index in [0.29, 0.717) is 19.1 Å². The number of hydrogen-bond donors (Lipinski definition) is 2. The molecule has 0 spiro atoms. The van der Waals surface area contributed by atoms with Gasteiger partial charge in [0.05, 0.1) is 6.10 Å². The SMILES string of the molecule is CC(O)C1CCN(CCNC(=O)OCC2c3ccccc3-c3ccccc32)CC1. The zero-order valence-corrected chi connectivity index (χ0v) is 17.0. The molecule has 154 valence electrons. The van der Waals surface area contributed by atoms with Crippen LogP contribution in [0.4, 0.5) is 4.79 Å². The van der Waals surface area contributed by atoms with E-state index in [4.69, 9.17) is 4.74 Å². The predicted molar refractivity (Wildman–Crippen MR) is 114 cm³/mol. The molecule has 29 heavy (non-hydrogen) atoms. The molecule has 2 aromatic rings. The van der Waals surface area contributed by atoms with E-state index < -0.39 is 0 Å². The number of alkyl carbamates (subject to hydrolysis) is 1. The highest BCUT2D eigenvalue weighted by molar-refractivity contribution is 5.79. The fourth-order valence-corrected chi connectivity index (χ4v) is 4.62. The molecule has 2 N–H and O–H groups in total. The van der Waals surface area contributed by atoms with Gasteiger partial charge in [-0.05, 0) is 61.0 Å². The highest BCUT2D eigenvalue weighted by Gasteiger charge is 2.29. The molecule has 1 saturated heterocycles. The van der Waals surface area contributed by atoms with Crippen molar-refractivity contribution >= 4 is 6.09 Å². The number of carbonyl (C=O) groups is 1. The van der Waals surface area contributed by atoms with Crippen molar-refractivity contribution in [2.75, 3.05) is 32.8 Å². The summed E-state index contributed by atoms with van der Waals surface area (Å²) in [6.45, 7) is 5.56. The second-order valence-electron chi connectivity index (χ2n) is 8.17. The first-order chi connectivity index (χ1) is 14.1.